The number of rotatable bonds is 8. The van der Waals surface area contributed by atoms with Gasteiger partial charge in [0.1, 0.15) is 24.7 Å². The van der Waals surface area contributed by atoms with Gasteiger partial charge in [-0.2, -0.15) is 0 Å². The van der Waals surface area contributed by atoms with Crippen molar-refractivity contribution in [2.45, 2.75) is 12.8 Å². The van der Waals surface area contributed by atoms with Crippen LogP contribution in [-0.4, -0.2) is 19.8 Å². The predicted octanol–water partition coefficient (Wildman–Crippen LogP) is 3.97. The molecule has 1 aliphatic rings. The van der Waals surface area contributed by atoms with Crippen LogP contribution in [0.3, 0.4) is 0 Å². The molecular formula is C18H21NO2. The van der Waals surface area contributed by atoms with Gasteiger partial charge in [-0.3, -0.25) is 0 Å². The van der Waals surface area contributed by atoms with Gasteiger partial charge in [0, 0.05) is 18.3 Å². The Morgan fingerprint density at radius 2 is 1.57 bits per heavy atom. The van der Waals surface area contributed by atoms with Gasteiger partial charge in [0.25, 0.3) is 0 Å². The molecule has 2 aromatic rings. The van der Waals surface area contributed by atoms with E-state index >= 15 is 0 Å². The fraction of sp³-hybridized carbons (Fsp3) is 0.333. The van der Waals surface area contributed by atoms with Crippen LogP contribution >= 0.6 is 0 Å². The molecule has 3 rings (SSSR count). The van der Waals surface area contributed by atoms with E-state index in [-0.39, 0.29) is 0 Å². The van der Waals surface area contributed by atoms with Crippen LogP contribution in [0.4, 0.5) is 5.69 Å². The van der Waals surface area contributed by atoms with Crippen molar-refractivity contribution >= 4 is 5.69 Å². The highest BCUT2D eigenvalue weighted by molar-refractivity contribution is 5.48. The molecule has 3 nitrogen and oxygen atoms in total. The van der Waals surface area contributed by atoms with E-state index in [1.807, 2.05) is 48.5 Å². The summed E-state index contributed by atoms with van der Waals surface area (Å²) in [5.74, 6) is 2.63. The first kappa shape index (κ1) is 13.8. The van der Waals surface area contributed by atoms with Gasteiger partial charge >= 0.3 is 0 Å². The van der Waals surface area contributed by atoms with Gasteiger partial charge in [0.2, 0.25) is 0 Å². The molecule has 0 spiro atoms. The van der Waals surface area contributed by atoms with Gasteiger partial charge in [-0.25, -0.2) is 0 Å². The van der Waals surface area contributed by atoms with Crippen LogP contribution in [-0.2, 0) is 0 Å². The lowest BCUT2D eigenvalue weighted by atomic mass is 10.3. The summed E-state index contributed by atoms with van der Waals surface area (Å²) in [5, 5.41) is 3.45. The molecule has 0 aliphatic heterocycles. The zero-order valence-corrected chi connectivity index (χ0v) is 12.1. The van der Waals surface area contributed by atoms with Crippen molar-refractivity contribution in [2.24, 2.45) is 5.92 Å². The van der Waals surface area contributed by atoms with Crippen LogP contribution < -0.4 is 14.8 Å². The first-order chi connectivity index (χ1) is 10.4. The monoisotopic (exact) mass is 283 g/mol. The summed E-state index contributed by atoms with van der Waals surface area (Å²) in [5.41, 5.74) is 1.13. The molecule has 0 aromatic heterocycles. The zero-order valence-electron chi connectivity index (χ0n) is 12.1. The zero-order chi connectivity index (χ0) is 14.3. The number of hydrogen-bond donors (Lipinski definition) is 1. The van der Waals surface area contributed by atoms with Crippen molar-refractivity contribution in [3.8, 4) is 11.5 Å². The van der Waals surface area contributed by atoms with Gasteiger partial charge in [0.05, 0.1) is 0 Å². The number of hydrogen-bond acceptors (Lipinski definition) is 3. The third-order valence-electron chi connectivity index (χ3n) is 3.49. The molecule has 0 saturated heterocycles. The van der Waals surface area contributed by atoms with E-state index < -0.39 is 0 Å². The summed E-state index contributed by atoms with van der Waals surface area (Å²) in [7, 11) is 0. The average molecular weight is 283 g/mol. The Morgan fingerprint density at radius 1 is 0.857 bits per heavy atom. The molecule has 2 aromatic carbocycles. The lowest BCUT2D eigenvalue weighted by Crippen LogP contribution is -2.09. The van der Waals surface area contributed by atoms with Crippen molar-refractivity contribution < 1.29 is 9.47 Å². The maximum atomic E-state index is 5.73. The highest BCUT2D eigenvalue weighted by atomic mass is 16.5. The third-order valence-corrected chi connectivity index (χ3v) is 3.49. The maximum Gasteiger partial charge on any atom is 0.122 e. The normalized spacial score (nSPS) is 13.7. The molecule has 0 radical (unpaired) electrons. The van der Waals surface area contributed by atoms with Crippen molar-refractivity contribution in [3.05, 3.63) is 54.6 Å². The fourth-order valence-electron chi connectivity index (χ4n) is 2.12. The topological polar surface area (TPSA) is 30.5 Å². The van der Waals surface area contributed by atoms with Crippen LogP contribution in [0.5, 0.6) is 11.5 Å². The highest BCUT2D eigenvalue weighted by Gasteiger charge is 2.20. The highest BCUT2D eigenvalue weighted by Crippen LogP contribution is 2.29. The Hall–Kier alpha value is -2.16. The summed E-state index contributed by atoms with van der Waals surface area (Å²) in [6.45, 7) is 2.16. The van der Waals surface area contributed by atoms with Gasteiger partial charge in [0.15, 0.2) is 0 Å². The van der Waals surface area contributed by atoms with E-state index in [0.29, 0.717) is 13.2 Å². The molecule has 0 bridgehead atoms. The van der Waals surface area contributed by atoms with Crippen LogP contribution in [0.25, 0.3) is 0 Å². The molecule has 21 heavy (non-hydrogen) atoms. The molecule has 0 heterocycles. The van der Waals surface area contributed by atoms with Crippen LogP contribution in [0.15, 0.2) is 54.6 Å². The number of benzene rings is 2. The quantitative estimate of drug-likeness (QED) is 0.744. The first-order valence-electron chi connectivity index (χ1n) is 7.55. The maximum absolute atomic E-state index is 5.73. The number of ether oxygens (including phenoxy) is 2. The number of para-hydroxylation sites is 1. The Bertz CT molecular complexity index is 552. The molecule has 0 atom stereocenters. The van der Waals surface area contributed by atoms with Crippen molar-refractivity contribution in [1.82, 2.24) is 0 Å². The Labute approximate surface area is 125 Å². The lowest BCUT2D eigenvalue weighted by Gasteiger charge is -2.10. The van der Waals surface area contributed by atoms with Crippen molar-refractivity contribution in [2.75, 3.05) is 25.1 Å². The SMILES string of the molecule is c1ccc(OCCOc2cccc(NCC3CC3)c2)cc1. The van der Waals surface area contributed by atoms with Gasteiger partial charge < -0.3 is 14.8 Å². The lowest BCUT2D eigenvalue weighted by molar-refractivity contribution is 0.217. The summed E-state index contributed by atoms with van der Waals surface area (Å²) in [6.07, 6.45) is 2.72. The van der Waals surface area contributed by atoms with E-state index in [1.54, 1.807) is 0 Å². The van der Waals surface area contributed by atoms with E-state index in [1.165, 1.54) is 12.8 Å². The molecule has 1 N–H and O–H groups in total. The molecule has 0 amide bonds. The Morgan fingerprint density at radius 3 is 2.33 bits per heavy atom. The summed E-state index contributed by atoms with van der Waals surface area (Å²) in [6, 6.07) is 17.9. The van der Waals surface area contributed by atoms with Gasteiger partial charge in [-0.05, 0) is 43.0 Å². The van der Waals surface area contributed by atoms with E-state index in [9.17, 15) is 0 Å². The molecule has 3 heteroatoms. The fourth-order valence-corrected chi connectivity index (χ4v) is 2.12. The Kier molecular flexibility index (Phi) is 4.62. The van der Waals surface area contributed by atoms with E-state index in [0.717, 1.165) is 29.6 Å². The van der Waals surface area contributed by atoms with Crippen molar-refractivity contribution in [3.63, 3.8) is 0 Å². The Balaban J connectivity index is 1.41. The largest absolute Gasteiger partial charge is 0.490 e. The molecule has 1 fully saturated rings. The summed E-state index contributed by atoms with van der Waals surface area (Å²) >= 11 is 0. The van der Waals surface area contributed by atoms with E-state index in [2.05, 4.69) is 11.4 Å². The van der Waals surface area contributed by atoms with Crippen LogP contribution in [0, 0.1) is 5.92 Å². The molecule has 1 aliphatic carbocycles. The second-order valence-corrected chi connectivity index (χ2v) is 5.36. The van der Waals surface area contributed by atoms with E-state index in [4.69, 9.17) is 9.47 Å². The average Bonchev–Trinajstić information content (AvgIpc) is 3.35. The third kappa shape index (κ3) is 4.71. The smallest absolute Gasteiger partial charge is 0.122 e. The van der Waals surface area contributed by atoms with Crippen LogP contribution in [0.1, 0.15) is 12.8 Å². The van der Waals surface area contributed by atoms with Gasteiger partial charge in [-0.15, -0.1) is 0 Å². The van der Waals surface area contributed by atoms with Gasteiger partial charge in [-0.1, -0.05) is 24.3 Å². The second-order valence-electron chi connectivity index (χ2n) is 5.36. The van der Waals surface area contributed by atoms with Crippen molar-refractivity contribution in [1.29, 1.82) is 0 Å². The van der Waals surface area contributed by atoms with Crippen LogP contribution in [0.2, 0.25) is 0 Å². The minimum atomic E-state index is 0.543. The standard InChI is InChI=1S/C18H21NO2/c1-2-6-17(7-3-1)20-11-12-21-18-8-4-5-16(13-18)19-14-15-9-10-15/h1-8,13,15,19H,9-12,14H2. The predicted molar refractivity (Wildman–Crippen MR) is 85.1 cm³/mol. The molecule has 1 saturated carbocycles. The minimum absolute atomic E-state index is 0.543. The number of anilines is 1. The molecule has 0 unspecified atom stereocenters. The first-order valence-corrected chi connectivity index (χ1v) is 7.55. The summed E-state index contributed by atoms with van der Waals surface area (Å²) < 4.78 is 11.3. The molecular weight excluding hydrogens is 262 g/mol. The molecule has 110 valence electrons. The summed E-state index contributed by atoms with van der Waals surface area (Å²) in [4.78, 5) is 0. The number of nitrogens with one attached hydrogen (secondary N) is 1. The second kappa shape index (κ2) is 7.02. The minimum Gasteiger partial charge on any atom is -0.490 e.